The van der Waals surface area contributed by atoms with E-state index >= 15 is 0 Å². The minimum absolute atomic E-state index is 0. The molecule has 0 aliphatic carbocycles. The molecule has 0 radical (unpaired) electrons. The van der Waals surface area contributed by atoms with Gasteiger partial charge in [-0.1, -0.05) is 58.3 Å². The highest BCUT2D eigenvalue weighted by Crippen LogP contribution is 2.10. The molecule has 0 nitrogen and oxygen atoms in total. The molecule has 0 atom stereocenters. The van der Waals surface area contributed by atoms with E-state index in [4.69, 9.17) is 0 Å². The zero-order chi connectivity index (χ0) is 11.4. The van der Waals surface area contributed by atoms with Crippen molar-refractivity contribution in [1.29, 1.82) is 0 Å². The summed E-state index contributed by atoms with van der Waals surface area (Å²) in [6.45, 7) is 2.29. The molecule has 16 heavy (non-hydrogen) atoms. The molecular weight excluding hydrogens is 280 g/mol. The van der Waals surface area contributed by atoms with Crippen LogP contribution in [0, 0.1) is 0 Å². The van der Waals surface area contributed by atoms with Crippen molar-refractivity contribution in [3.05, 3.63) is 0 Å². The zero-order valence-electron chi connectivity index (χ0n) is 11.6. The molecule has 0 fully saturated rings. The van der Waals surface area contributed by atoms with Crippen molar-refractivity contribution in [3.63, 3.8) is 0 Å². The minimum atomic E-state index is 0. The molecule has 0 aromatic heterocycles. The van der Waals surface area contributed by atoms with Crippen LogP contribution in [0.3, 0.4) is 0 Å². The Labute approximate surface area is 117 Å². The lowest BCUT2D eigenvalue weighted by Crippen LogP contribution is -3.00. The van der Waals surface area contributed by atoms with Gasteiger partial charge in [-0.3, -0.25) is 0 Å². The quantitative estimate of drug-likeness (QED) is 0.403. The van der Waals surface area contributed by atoms with Gasteiger partial charge < -0.3 is 17.0 Å². The summed E-state index contributed by atoms with van der Waals surface area (Å²) >= 11 is 0. The molecule has 100 valence electrons. The standard InChI is InChI=1S/C14H31S.BrH/c1-4-5-6-7-8-9-10-11-12-13-14-15(2)3;/h4-14H2,1-3H3;1H/q+1;/p-1. The van der Waals surface area contributed by atoms with Gasteiger partial charge >= 0.3 is 0 Å². The van der Waals surface area contributed by atoms with Gasteiger partial charge in [0.2, 0.25) is 0 Å². The van der Waals surface area contributed by atoms with Gasteiger partial charge in [-0.25, -0.2) is 0 Å². The van der Waals surface area contributed by atoms with Crippen molar-refractivity contribution in [3.8, 4) is 0 Å². The molecule has 2 heteroatoms. The summed E-state index contributed by atoms with van der Waals surface area (Å²) in [5.41, 5.74) is 0. The Kier molecular flexibility index (Phi) is 19.0. The normalized spacial score (nSPS) is 10.5. The lowest BCUT2D eigenvalue weighted by Gasteiger charge is -2.01. The summed E-state index contributed by atoms with van der Waals surface area (Å²) in [6.07, 6.45) is 19.3. The highest BCUT2D eigenvalue weighted by Gasteiger charge is 2.00. The molecule has 0 unspecified atom stereocenters. The van der Waals surface area contributed by atoms with Crippen LogP contribution in [0.15, 0.2) is 0 Å². The molecule has 0 saturated heterocycles. The third kappa shape index (κ3) is 17.2. The highest BCUT2D eigenvalue weighted by molar-refractivity contribution is 7.95. The average Bonchev–Trinajstić information content (AvgIpc) is 2.20. The summed E-state index contributed by atoms with van der Waals surface area (Å²) in [4.78, 5) is 0. The predicted octanol–water partition coefficient (Wildman–Crippen LogP) is 1.79. The van der Waals surface area contributed by atoms with Gasteiger partial charge in [0, 0.05) is 0 Å². The van der Waals surface area contributed by atoms with Crippen LogP contribution in [0.4, 0.5) is 0 Å². The summed E-state index contributed by atoms with van der Waals surface area (Å²) in [6, 6.07) is 0. The van der Waals surface area contributed by atoms with Gasteiger partial charge in [0.05, 0.1) is 12.5 Å². The smallest absolute Gasteiger partial charge is 0.107 e. The summed E-state index contributed by atoms with van der Waals surface area (Å²) in [5.74, 6) is 1.45. The van der Waals surface area contributed by atoms with E-state index in [1.165, 1.54) is 70.0 Å². The van der Waals surface area contributed by atoms with Gasteiger partial charge in [0.25, 0.3) is 0 Å². The second-order valence-electron chi connectivity index (χ2n) is 4.87. The van der Waals surface area contributed by atoms with Crippen molar-refractivity contribution in [1.82, 2.24) is 0 Å². The Morgan fingerprint density at radius 1 is 0.625 bits per heavy atom. The first kappa shape index (κ1) is 19.2. The molecule has 0 spiro atoms. The van der Waals surface area contributed by atoms with Crippen LogP contribution in [0.25, 0.3) is 0 Å². The summed E-state index contributed by atoms with van der Waals surface area (Å²) < 4.78 is 0. The number of hydrogen-bond acceptors (Lipinski definition) is 0. The average molecular weight is 311 g/mol. The number of halogens is 1. The lowest BCUT2D eigenvalue weighted by atomic mass is 10.1. The molecule has 0 aromatic rings. The molecule has 0 bridgehead atoms. The van der Waals surface area contributed by atoms with Gasteiger partial charge in [0.15, 0.2) is 0 Å². The van der Waals surface area contributed by atoms with E-state index in [9.17, 15) is 0 Å². The third-order valence-electron chi connectivity index (χ3n) is 2.91. The molecule has 0 rings (SSSR count). The Hall–Kier alpha value is 0.830. The van der Waals surface area contributed by atoms with E-state index in [-0.39, 0.29) is 17.0 Å². The van der Waals surface area contributed by atoms with Gasteiger partial charge in [-0.15, -0.1) is 0 Å². The fourth-order valence-corrected chi connectivity index (χ4v) is 2.66. The number of rotatable bonds is 11. The zero-order valence-corrected chi connectivity index (χ0v) is 14.0. The first-order valence-corrected chi connectivity index (χ1v) is 9.02. The highest BCUT2D eigenvalue weighted by atomic mass is 79.9. The fraction of sp³-hybridized carbons (Fsp3) is 1.00. The molecule has 0 saturated carbocycles. The fourth-order valence-electron chi connectivity index (χ4n) is 1.88. The van der Waals surface area contributed by atoms with E-state index in [0.29, 0.717) is 10.9 Å². The minimum Gasteiger partial charge on any atom is -1.00 e. The van der Waals surface area contributed by atoms with Crippen molar-refractivity contribution < 1.29 is 17.0 Å². The van der Waals surface area contributed by atoms with Crippen molar-refractivity contribution in [2.45, 2.75) is 71.1 Å². The molecule has 0 aliphatic rings. The Bertz CT molecular complexity index is 115. The van der Waals surface area contributed by atoms with Crippen LogP contribution >= 0.6 is 0 Å². The first-order chi connectivity index (χ1) is 7.27. The number of hydrogen-bond donors (Lipinski definition) is 0. The first-order valence-electron chi connectivity index (χ1n) is 6.81. The number of unbranched alkanes of at least 4 members (excludes halogenated alkanes) is 9. The van der Waals surface area contributed by atoms with Crippen LogP contribution in [0.1, 0.15) is 71.1 Å². The Morgan fingerprint density at radius 3 is 1.38 bits per heavy atom. The van der Waals surface area contributed by atoms with Gasteiger partial charge in [-0.05, 0) is 23.7 Å². The SMILES string of the molecule is CCCCCCCCCCCC[S+](C)C.[Br-]. The van der Waals surface area contributed by atoms with Crippen molar-refractivity contribution in [2.24, 2.45) is 0 Å². The van der Waals surface area contributed by atoms with Crippen molar-refractivity contribution in [2.75, 3.05) is 18.3 Å². The maximum Gasteiger partial charge on any atom is 0.107 e. The van der Waals surface area contributed by atoms with E-state index in [2.05, 4.69) is 19.4 Å². The van der Waals surface area contributed by atoms with Gasteiger partial charge in [-0.2, -0.15) is 0 Å². The molecule has 0 aromatic carbocycles. The molecular formula is C14H31BrS. The van der Waals surface area contributed by atoms with Crippen LogP contribution in [-0.4, -0.2) is 18.3 Å². The summed E-state index contributed by atoms with van der Waals surface area (Å²) in [7, 11) is 0.672. The second kappa shape index (κ2) is 15.8. The van der Waals surface area contributed by atoms with Crippen LogP contribution in [-0.2, 0) is 10.9 Å². The van der Waals surface area contributed by atoms with Gasteiger partial charge in [0.1, 0.15) is 5.75 Å². The van der Waals surface area contributed by atoms with Crippen LogP contribution in [0.2, 0.25) is 0 Å². The van der Waals surface area contributed by atoms with E-state index in [0.717, 1.165) is 0 Å². The molecule has 0 N–H and O–H groups in total. The van der Waals surface area contributed by atoms with E-state index < -0.39 is 0 Å². The molecule has 0 amide bonds. The monoisotopic (exact) mass is 310 g/mol. The predicted molar refractivity (Wildman–Crippen MR) is 75.9 cm³/mol. The lowest BCUT2D eigenvalue weighted by molar-refractivity contribution is -0.00000350. The maximum absolute atomic E-state index is 2.35. The maximum atomic E-state index is 2.35. The third-order valence-corrected chi connectivity index (χ3v) is 4.01. The Morgan fingerprint density at radius 2 is 1.00 bits per heavy atom. The van der Waals surface area contributed by atoms with Crippen LogP contribution in [0.5, 0.6) is 0 Å². The van der Waals surface area contributed by atoms with Crippen LogP contribution < -0.4 is 17.0 Å². The van der Waals surface area contributed by atoms with E-state index in [1.807, 2.05) is 0 Å². The molecule has 0 aliphatic heterocycles. The molecule has 0 heterocycles. The van der Waals surface area contributed by atoms with E-state index in [1.54, 1.807) is 0 Å². The topological polar surface area (TPSA) is 0 Å². The second-order valence-corrected chi connectivity index (χ2v) is 7.25. The Balaban J connectivity index is 0. The summed E-state index contributed by atoms with van der Waals surface area (Å²) in [5, 5.41) is 0. The van der Waals surface area contributed by atoms with Crippen molar-refractivity contribution >= 4 is 10.9 Å². The largest absolute Gasteiger partial charge is 1.00 e.